The SMILES string of the molecule is O[C@@H]1[C@@H](O)[C@H](O)C[C@@H](F)[C@@H]1O. The van der Waals surface area contributed by atoms with E-state index in [9.17, 15) is 4.39 Å². The van der Waals surface area contributed by atoms with Gasteiger partial charge in [-0.25, -0.2) is 4.39 Å². The number of alkyl halides is 1. The van der Waals surface area contributed by atoms with E-state index >= 15 is 0 Å². The minimum atomic E-state index is -1.66. The molecule has 4 nitrogen and oxygen atoms in total. The smallest absolute Gasteiger partial charge is 0.131 e. The summed E-state index contributed by atoms with van der Waals surface area (Å²) in [5, 5.41) is 35.5. The summed E-state index contributed by atoms with van der Waals surface area (Å²) in [7, 11) is 0. The number of rotatable bonds is 0. The van der Waals surface area contributed by atoms with Crippen molar-refractivity contribution in [3.63, 3.8) is 0 Å². The average Bonchev–Trinajstić information content (AvgIpc) is 1.97. The third-order valence-electron chi connectivity index (χ3n) is 1.93. The molecule has 0 heterocycles. The number of hydrogen-bond donors (Lipinski definition) is 4. The molecule has 0 aromatic carbocycles. The molecule has 0 bridgehead atoms. The standard InChI is InChI=1S/C6H11FO4/c7-2-1-3(8)5(10)6(11)4(2)9/h2-6,8-11H,1H2/t2-,3-,4+,5+,6+/m1/s1. The number of aliphatic hydroxyl groups is 4. The van der Waals surface area contributed by atoms with Gasteiger partial charge in [0.2, 0.25) is 0 Å². The summed E-state index contributed by atoms with van der Waals surface area (Å²) in [5.74, 6) is 0. The van der Waals surface area contributed by atoms with E-state index in [1.807, 2.05) is 0 Å². The van der Waals surface area contributed by atoms with Crippen LogP contribution in [0.5, 0.6) is 0 Å². The lowest BCUT2D eigenvalue weighted by Crippen LogP contribution is -2.54. The van der Waals surface area contributed by atoms with Gasteiger partial charge < -0.3 is 20.4 Å². The average molecular weight is 166 g/mol. The first kappa shape index (κ1) is 8.86. The number of halogens is 1. The van der Waals surface area contributed by atoms with Crippen LogP contribution in [0.3, 0.4) is 0 Å². The molecule has 1 fully saturated rings. The predicted molar refractivity (Wildman–Crippen MR) is 33.5 cm³/mol. The van der Waals surface area contributed by atoms with Gasteiger partial charge in [-0.1, -0.05) is 0 Å². The Bertz CT molecular complexity index is 129. The maximum absolute atomic E-state index is 12.6. The molecule has 0 aliphatic heterocycles. The number of hydrogen-bond acceptors (Lipinski definition) is 4. The largest absolute Gasteiger partial charge is 0.390 e. The highest BCUT2D eigenvalue weighted by Gasteiger charge is 2.41. The summed E-state index contributed by atoms with van der Waals surface area (Å²) in [6.45, 7) is 0. The van der Waals surface area contributed by atoms with Crippen LogP contribution < -0.4 is 0 Å². The summed E-state index contributed by atoms with van der Waals surface area (Å²) < 4.78 is 12.6. The Morgan fingerprint density at radius 1 is 0.909 bits per heavy atom. The molecule has 4 N–H and O–H groups in total. The molecule has 1 aliphatic carbocycles. The Morgan fingerprint density at radius 3 is 2.00 bits per heavy atom. The lowest BCUT2D eigenvalue weighted by atomic mass is 9.88. The first-order valence-electron chi connectivity index (χ1n) is 3.40. The second-order valence-electron chi connectivity index (χ2n) is 2.79. The van der Waals surface area contributed by atoms with Crippen LogP contribution in [0.2, 0.25) is 0 Å². The zero-order chi connectivity index (χ0) is 8.59. The van der Waals surface area contributed by atoms with Crippen LogP contribution in [0.4, 0.5) is 4.39 Å². The quantitative estimate of drug-likeness (QED) is 0.341. The molecule has 1 rings (SSSR count). The predicted octanol–water partition coefficient (Wildman–Crippen LogP) is -1.83. The molecule has 1 aliphatic rings. The first-order chi connectivity index (χ1) is 5.04. The fourth-order valence-corrected chi connectivity index (χ4v) is 1.15. The summed E-state index contributed by atoms with van der Waals surface area (Å²) in [5.41, 5.74) is 0. The summed E-state index contributed by atoms with van der Waals surface area (Å²) in [6.07, 6.45) is -7.91. The van der Waals surface area contributed by atoms with E-state index in [2.05, 4.69) is 0 Å². The van der Waals surface area contributed by atoms with Crippen LogP contribution in [-0.2, 0) is 0 Å². The molecule has 0 radical (unpaired) electrons. The van der Waals surface area contributed by atoms with Crippen molar-refractivity contribution in [2.75, 3.05) is 0 Å². The van der Waals surface area contributed by atoms with Crippen molar-refractivity contribution in [3.8, 4) is 0 Å². The van der Waals surface area contributed by atoms with Crippen LogP contribution in [0.1, 0.15) is 6.42 Å². The van der Waals surface area contributed by atoms with Gasteiger partial charge in [0.25, 0.3) is 0 Å². The minimum absolute atomic E-state index is 0.334. The normalized spacial score (nSPS) is 52.6. The van der Waals surface area contributed by atoms with Gasteiger partial charge >= 0.3 is 0 Å². The second-order valence-corrected chi connectivity index (χ2v) is 2.79. The van der Waals surface area contributed by atoms with Gasteiger partial charge in [-0.2, -0.15) is 0 Å². The topological polar surface area (TPSA) is 80.9 Å². The molecular weight excluding hydrogens is 155 g/mol. The van der Waals surface area contributed by atoms with Crippen LogP contribution in [0.25, 0.3) is 0 Å². The van der Waals surface area contributed by atoms with Crippen LogP contribution in [0.15, 0.2) is 0 Å². The van der Waals surface area contributed by atoms with Gasteiger partial charge in [0.15, 0.2) is 0 Å². The molecule has 1 saturated carbocycles. The highest BCUT2D eigenvalue weighted by molar-refractivity contribution is 4.92. The first-order valence-corrected chi connectivity index (χ1v) is 3.40. The monoisotopic (exact) mass is 166 g/mol. The van der Waals surface area contributed by atoms with E-state index in [1.165, 1.54) is 0 Å². The van der Waals surface area contributed by atoms with E-state index in [0.717, 1.165) is 0 Å². The van der Waals surface area contributed by atoms with Gasteiger partial charge in [0.05, 0.1) is 6.10 Å². The lowest BCUT2D eigenvalue weighted by molar-refractivity contribution is -0.160. The zero-order valence-corrected chi connectivity index (χ0v) is 5.76. The molecule has 0 aromatic heterocycles. The van der Waals surface area contributed by atoms with E-state index in [1.54, 1.807) is 0 Å². The molecule has 0 unspecified atom stereocenters. The maximum atomic E-state index is 12.6. The van der Waals surface area contributed by atoms with Crippen molar-refractivity contribution < 1.29 is 24.8 Å². The molecule has 11 heavy (non-hydrogen) atoms. The van der Waals surface area contributed by atoms with Crippen LogP contribution in [-0.4, -0.2) is 51.0 Å². The van der Waals surface area contributed by atoms with Crippen molar-refractivity contribution >= 4 is 0 Å². The summed E-state index contributed by atoms with van der Waals surface area (Å²) in [6, 6.07) is 0. The highest BCUT2D eigenvalue weighted by atomic mass is 19.1. The van der Waals surface area contributed by atoms with Crippen molar-refractivity contribution in [2.45, 2.75) is 37.0 Å². The number of aliphatic hydroxyl groups excluding tert-OH is 4. The molecule has 66 valence electrons. The van der Waals surface area contributed by atoms with E-state index < -0.39 is 30.6 Å². The Balaban J connectivity index is 2.63. The van der Waals surface area contributed by atoms with E-state index in [4.69, 9.17) is 20.4 Å². The van der Waals surface area contributed by atoms with Gasteiger partial charge in [-0.05, 0) is 0 Å². The van der Waals surface area contributed by atoms with Gasteiger partial charge in [-0.15, -0.1) is 0 Å². The second kappa shape index (κ2) is 3.02. The molecule has 5 heteroatoms. The molecule has 0 saturated heterocycles. The van der Waals surface area contributed by atoms with Crippen LogP contribution in [0, 0.1) is 0 Å². The van der Waals surface area contributed by atoms with Crippen LogP contribution >= 0.6 is 0 Å². The van der Waals surface area contributed by atoms with Crippen molar-refractivity contribution in [2.24, 2.45) is 0 Å². The van der Waals surface area contributed by atoms with Gasteiger partial charge in [0.1, 0.15) is 24.5 Å². The van der Waals surface area contributed by atoms with E-state index in [0.29, 0.717) is 0 Å². The van der Waals surface area contributed by atoms with Gasteiger partial charge in [-0.3, -0.25) is 0 Å². The summed E-state index contributed by atoms with van der Waals surface area (Å²) >= 11 is 0. The Labute approximate surface area is 62.9 Å². The van der Waals surface area contributed by atoms with Crippen molar-refractivity contribution in [1.82, 2.24) is 0 Å². The van der Waals surface area contributed by atoms with E-state index in [-0.39, 0.29) is 6.42 Å². The molecular formula is C6H11FO4. The third-order valence-corrected chi connectivity index (χ3v) is 1.93. The molecule has 0 amide bonds. The zero-order valence-electron chi connectivity index (χ0n) is 5.76. The summed E-state index contributed by atoms with van der Waals surface area (Å²) in [4.78, 5) is 0. The Morgan fingerprint density at radius 2 is 1.45 bits per heavy atom. The minimum Gasteiger partial charge on any atom is -0.390 e. The Hall–Kier alpha value is -0.230. The fourth-order valence-electron chi connectivity index (χ4n) is 1.15. The Kier molecular flexibility index (Phi) is 2.43. The van der Waals surface area contributed by atoms with Crippen molar-refractivity contribution in [1.29, 1.82) is 0 Å². The van der Waals surface area contributed by atoms with Crippen molar-refractivity contribution in [3.05, 3.63) is 0 Å². The molecule has 0 aromatic rings. The molecule has 0 spiro atoms. The van der Waals surface area contributed by atoms with Gasteiger partial charge in [0, 0.05) is 6.42 Å². The maximum Gasteiger partial charge on any atom is 0.131 e. The lowest BCUT2D eigenvalue weighted by Gasteiger charge is -2.34. The highest BCUT2D eigenvalue weighted by Crippen LogP contribution is 2.22. The third kappa shape index (κ3) is 1.51. The fraction of sp³-hybridized carbons (Fsp3) is 1.00. The molecule has 5 atom stereocenters.